The summed E-state index contributed by atoms with van der Waals surface area (Å²) in [4.78, 5) is 11.7. The lowest BCUT2D eigenvalue weighted by Gasteiger charge is -2.04. The predicted molar refractivity (Wildman–Crippen MR) is 64.7 cm³/mol. The number of benzene rings is 1. The van der Waals surface area contributed by atoms with Crippen molar-refractivity contribution in [2.24, 2.45) is 0 Å². The smallest absolute Gasteiger partial charge is 0.295 e. The van der Waals surface area contributed by atoms with Crippen LogP contribution < -0.4 is 17.1 Å². The Labute approximate surface area is 97.9 Å². The number of aryl methyl sites for hydroxylation is 2. The fourth-order valence-electron chi connectivity index (χ4n) is 1.51. The summed E-state index contributed by atoms with van der Waals surface area (Å²) in [5.41, 5.74) is 6.42. The topological polar surface area (TPSA) is 99.8 Å². The molecule has 0 saturated carbocycles. The van der Waals surface area contributed by atoms with Crippen molar-refractivity contribution in [2.45, 2.75) is 12.8 Å². The van der Waals surface area contributed by atoms with Gasteiger partial charge in [0.2, 0.25) is 5.95 Å². The lowest BCUT2D eigenvalue weighted by atomic mass is 10.1. The minimum atomic E-state index is -0.395. The molecule has 6 heteroatoms. The van der Waals surface area contributed by atoms with Crippen molar-refractivity contribution in [1.82, 2.24) is 14.9 Å². The molecule has 0 unspecified atom stereocenters. The quantitative estimate of drug-likeness (QED) is 0.708. The highest BCUT2D eigenvalue weighted by Gasteiger charge is 2.07. The summed E-state index contributed by atoms with van der Waals surface area (Å²) in [5, 5.41) is 7.38. The van der Waals surface area contributed by atoms with Crippen LogP contribution in [0.3, 0.4) is 0 Å². The minimum absolute atomic E-state index is 0.0848. The summed E-state index contributed by atoms with van der Waals surface area (Å²) >= 11 is 0. The monoisotopic (exact) mass is 231 g/mol. The van der Waals surface area contributed by atoms with E-state index < -0.39 is 5.56 Å². The molecule has 0 bridgehead atoms. The average Bonchev–Trinajstić information content (AvgIpc) is 2.36. The molecule has 88 valence electrons. The van der Waals surface area contributed by atoms with Crippen molar-refractivity contribution in [3.8, 4) is 0 Å². The van der Waals surface area contributed by atoms with Crippen molar-refractivity contribution in [3.63, 3.8) is 0 Å². The Morgan fingerprint density at radius 2 is 1.82 bits per heavy atom. The van der Waals surface area contributed by atoms with Crippen LogP contribution >= 0.6 is 0 Å². The van der Waals surface area contributed by atoms with E-state index in [-0.39, 0.29) is 5.95 Å². The van der Waals surface area contributed by atoms with E-state index in [1.807, 2.05) is 30.3 Å². The van der Waals surface area contributed by atoms with Crippen molar-refractivity contribution in [2.75, 3.05) is 11.6 Å². The molecule has 6 nitrogen and oxygen atoms in total. The van der Waals surface area contributed by atoms with E-state index in [2.05, 4.69) is 10.2 Å². The molecule has 0 aliphatic rings. The molecule has 2 aromatic rings. The highest BCUT2D eigenvalue weighted by atomic mass is 16.1. The molecule has 1 aromatic heterocycles. The molecule has 0 amide bonds. The molecule has 1 aromatic carbocycles. The van der Waals surface area contributed by atoms with Crippen LogP contribution in [0.4, 0.5) is 5.95 Å². The molecular formula is C11H13N5O. The van der Waals surface area contributed by atoms with Gasteiger partial charge in [-0.3, -0.25) is 4.79 Å². The molecule has 0 fully saturated rings. The lowest BCUT2D eigenvalue weighted by molar-refractivity contribution is 0.763. The summed E-state index contributed by atoms with van der Waals surface area (Å²) in [7, 11) is 0. The van der Waals surface area contributed by atoms with Gasteiger partial charge in [0.25, 0.3) is 5.56 Å². The van der Waals surface area contributed by atoms with Crippen LogP contribution in [-0.4, -0.2) is 14.9 Å². The van der Waals surface area contributed by atoms with Gasteiger partial charge in [0, 0.05) is 6.42 Å². The first-order valence-electron chi connectivity index (χ1n) is 5.21. The predicted octanol–water partition coefficient (Wildman–Crippen LogP) is -0.281. The van der Waals surface area contributed by atoms with Gasteiger partial charge in [-0.2, -0.15) is 4.68 Å². The molecule has 0 saturated heterocycles. The number of rotatable bonds is 3. The Hall–Kier alpha value is -2.37. The molecule has 0 radical (unpaired) electrons. The summed E-state index contributed by atoms with van der Waals surface area (Å²) < 4.78 is 0.813. The number of hydrogen-bond donors (Lipinski definition) is 2. The Balaban J connectivity index is 2.16. The molecule has 2 rings (SSSR count). The van der Waals surface area contributed by atoms with Gasteiger partial charge in [-0.1, -0.05) is 30.3 Å². The van der Waals surface area contributed by atoms with Crippen molar-refractivity contribution < 1.29 is 0 Å². The van der Waals surface area contributed by atoms with E-state index in [4.69, 9.17) is 11.6 Å². The van der Waals surface area contributed by atoms with E-state index >= 15 is 0 Å². The van der Waals surface area contributed by atoms with Gasteiger partial charge in [0.15, 0.2) is 0 Å². The second-order valence-electron chi connectivity index (χ2n) is 3.67. The van der Waals surface area contributed by atoms with Crippen LogP contribution in [0.5, 0.6) is 0 Å². The first-order valence-corrected chi connectivity index (χ1v) is 5.21. The largest absolute Gasteiger partial charge is 0.366 e. The standard InChI is InChI=1S/C11H13N5O/c12-11-15-14-9(10(17)16(11)13)7-6-8-4-2-1-3-5-8/h1-5H,6-7,13H2,(H2,12,15). The average molecular weight is 231 g/mol. The zero-order valence-corrected chi connectivity index (χ0v) is 9.21. The molecule has 1 heterocycles. The van der Waals surface area contributed by atoms with Gasteiger partial charge >= 0.3 is 0 Å². The summed E-state index contributed by atoms with van der Waals surface area (Å²) in [5.74, 6) is 5.34. The van der Waals surface area contributed by atoms with E-state index in [1.165, 1.54) is 0 Å². The van der Waals surface area contributed by atoms with Crippen molar-refractivity contribution >= 4 is 5.95 Å². The maximum atomic E-state index is 11.7. The van der Waals surface area contributed by atoms with Crippen LogP contribution in [0, 0.1) is 0 Å². The first-order chi connectivity index (χ1) is 8.18. The zero-order valence-electron chi connectivity index (χ0n) is 9.21. The van der Waals surface area contributed by atoms with Gasteiger partial charge in [-0.15, -0.1) is 10.2 Å². The number of nitrogen functional groups attached to an aromatic ring is 2. The number of nitrogens with two attached hydrogens (primary N) is 2. The van der Waals surface area contributed by atoms with E-state index in [0.29, 0.717) is 18.5 Å². The highest BCUT2D eigenvalue weighted by molar-refractivity contribution is 5.18. The van der Waals surface area contributed by atoms with Crippen LogP contribution in [0.2, 0.25) is 0 Å². The van der Waals surface area contributed by atoms with Crippen molar-refractivity contribution in [1.29, 1.82) is 0 Å². The van der Waals surface area contributed by atoms with Crippen molar-refractivity contribution in [3.05, 3.63) is 51.9 Å². The molecule has 0 atom stereocenters. The third kappa shape index (κ3) is 2.41. The lowest BCUT2D eigenvalue weighted by Crippen LogP contribution is -2.34. The van der Waals surface area contributed by atoms with Gasteiger partial charge in [-0.25, -0.2) is 0 Å². The van der Waals surface area contributed by atoms with Crippen LogP contribution in [0.1, 0.15) is 11.3 Å². The minimum Gasteiger partial charge on any atom is -0.366 e. The maximum absolute atomic E-state index is 11.7. The summed E-state index contributed by atoms with van der Waals surface area (Å²) in [6, 6.07) is 9.83. The number of anilines is 1. The normalized spacial score (nSPS) is 10.4. The van der Waals surface area contributed by atoms with Crippen LogP contribution in [0.15, 0.2) is 35.1 Å². The van der Waals surface area contributed by atoms with Gasteiger partial charge < -0.3 is 11.6 Å². The number of aromatic nitrogens is 3. The van der Waals surface area contributed by atoms with E-state index in [9.17, 15) is 4.79 Å². The SMILES string of the molecule is Nc1nnc(CCc2ccccc2)c(=O)n1N. The van der Waals surface area contributed by atoms with Gasteiger partial charge in [-0.05, 0) is 12.0 Å². The second-order valence-corrected chi connectivity index (χ2v) is 3.67. The van der Waals surface area contributed by atoms with E-state index in [0.717, 1.165) is 10.2 Å². The maximum Gasteiger partial charge on any atom is 0.295 e. The van der Waals surface area contributed by atoms with Crippen LogP contribution in [-0.2, 0) is 12.8 Å². The molecule has 0 spiro atoms. The molecular weight excluding hydrogens is 218 g/mol. The Bertz CT molecular complexity index is 564. The molecule has 17 heavy (non-hydrogen) atoms. The molecule has 4 N–H and O–H groups in total. The third-order valence-electron chi connectivity index (χ3n) is 2.48. The molecule has 0 aliphatic carbocycles. The van der Waals surface area contributed by atoms with Crippen LogP contribution in [0.25, 0.3) is 0 Å². The Kier molecular flexibility index (Phi) is 3.04. The summed E-state index contributed by atoms with van der Waals surface area (Å²) in [6.45, 7) is 0. The Morgan fingerprint density at radius 1 is 1.12 bits per heavy atom. The number of nitrogens with zero attached hydrogens (tertiary/aromatic N) is 3. The third-order valence-corrected chi connectivity index (χ3v) is 2.48. The fourth-order valence-corrected chi connectivity index (χ4v) is 1.51. The number of hydrogen-bond acceptors (Lipinski definition) is 5. The fraction of sp³-hybridized carbons (Fsp3) is 0.182. The van der Waals surface area contributed by atoms with E-state index in [1.54, 1.807) is 0 Å². The first kappa shape index (κ1) is 11.1. The van der Waals surface area contributed by atoms with Gasteiger partial charge in [0.05, 0.1) is 0 Å². The summed E-state index contributed by atoms with van der Waals surface area (Å²) in [6.07, 6.45) is 1.21. The zero-order chi connectivity index (χ0) is 12.3. The van der Waals surface area contributed by atoms with Gasteiger partial charge in [0.1, 0.15) is 5.69 Å². The highest BCUT2D eigenvalue weighted by Crippen LogP contribution is 2.02. The molecule has 0 aliphatic heterocycles. The Morgan fingerprint density at radius 3 is 2.53 bits per heavy atom. The second kappa shape index (κ2) is 4.65.